The zero-order chi connectivity index (χ0) is 15.1. The third-order valence-electron chi connectivity index (χ3n) is 3.29. The van der Waals surface area contributed by atoms with Crippen LogP contribution in [0.15, 0.2) is 30.6 Å². The molecule has 1 heterocycles. The molecule has 0 saturated heterocycles. The second-order valence-electron chi connectivity index (χ2n) is 4.80. The number of methoxy groups -OCH3 is 1. The van der Waals surface area contributed by atoms with Crippen molar-refractivity contribution < 1.29 is 9.47 Å². The minimum Gasteiger partial charge on any atom is -0.497 e. The van der Waals surface area contributed by atoms with Crippen LogP contribution >= 0.6 is 0 Å². The highest BCUT2D eigenvalue weighted by atomic mass is 16.5. The van der Waals surface area contributed by atoms with Crippen LogP contribution in [-0.4, -0.2) is 29.9 Å². The number of aromatic nitrogens is 2. The van der Waals surface area contributed by atoms with Crippen LogP contribution in [0.4, 0.5) is 11.6 Å². The molecule has 0 fully saturated rings. The number of nitrogens with zero attached hydrogens (tertiary/aromatic N) is 2. The molecule has 5 nitrogen and oxygen atoms in total. The Morgan fingerprint density at radius 1 is 1.33 bits per heavy atom. The van der Waals surface area contributed by atoms with Gasteiger partial charge in [0, 0.05) is 37.8 Å². The summed E-state index contributed by atoms with van der Waals surface area (Å²) >= 11 is 0. The molecule has 0 unspecified atom stereocenters. The Labute approximate surface area is 125 Å². The third kappa shape index (κ3) is 4.23. The fourth-order valence-corrected chi connectivity index (χ4v) is 2.12. The number of hydrogen-bond acceptors (Lipinski definition) is 4. The molecule has 1 aromatic heterocycles. The van der Waals surface area contributed by atoms with E-state index in [2.05, 4.69) is 14.9 Å². The molecule has 0 aliphatic rings. The van der Waals surface area contributed by atoms with Gasteiger partial charge in [-0.3, -0.25) is 0 Å². The van der Waals surface area contributed by atoms with Gasteiger partial charge >= 0.3 is 0 Å². The first-order valence-corrected chi connectivity index (χ1v) is 7.25. The first-order valence-electron chi connectivity index (χ1n) is 7.25. The van der Waals surface area contributed by atoms with Crippen molar-refractivity contribution >= 4 is 11.6 Å². The molecule has 0 radical (unpaired) electrons. The Hall–Kier alpha value is -2.01. The average Bonchev–Trinajstić information content (AvgIpc) is 2.93. The molecule has 5 heteroatoms. The minimum absolute atomic E-state index is 0.764. The number of aryl methyl sites for hydroxylation is 2. The summed E-state index contributed by atoms with van der Waals surface area (Å²) in [5, 5.41) is 3.37. The van der Waals surface area contributed by atoms with Crippen molar-refractivity contribution in [3.63, 3.8) is 0 Å². The van der Waals surface area contributed by atoms with Crippen LogP contribution in [0.5, 0.6) is 5.75 Å². The molecule has 0 spiro atoms. The van der Waals surface area contributed by atoms with Gasteiger partial charge in [0.2, 0.25) is 5.95 Å². The highest BCUT2D eigenvalue weighted by molar-refractivity contribution is 5.60. The number of nitrogens with one attached hydrogen (secondary N) is 1. The second-order valence-corrected chi connectivity index (χ2v) is 4.80. The van der Waals surface area contributed by atoms with E-state index >= 15 is 0 Å². The lowest BCUT2D eigenvalue weighted by atomic mass is 10.2. The van der Waals surface area contributed by atoms with Crippen molar-refractivity contribution in [1.82, 2.24) is 9.55 Å². The summed E-state index contributed by atoms with van der Waals surface area (Å²) < 4.78 is 12.7. The summed E-state index contributed by atoms with van der Waals surface area (Å²) in [6, 6.07) is 5.95. The van der Waals surface area contributed by atoms with E-state index < -0.39 is 0 Å². The van der Waals surface area contributed by atoms with E-state index in [9.17, 15) is 0 Å². The van der Waals surface area contributed by atoms with E-state index in [0.29, 0.717) is 0 Å². The normalized spacial score (nSPS) is 10.6. The van der Waals surface area contributed by atoms with E-state index in [-0.39, 0.29) is 0 Å². The second kappa shape index (κ2) is 7.69. The molecule has 1 aromatic carbocycles. The van der Waals surface area contributed by atoms with Gasteiger partial charge in [-0.25, -0.2) is 4.98 Å². The number of rotatable bonds is 8. The summed E-state index contributed by atoms with van der Waals surface area (Å²) in [5.41, 5.74) is 2.16. The number of benzene rings is 1. The van der Waals surface area contributed by atoms with Crippen molar-refractivity contribution in [2.45, 2.75) is 26.8 Å². The van der Waals surface area contributed by atoms with Gasteiger partial charge in [-0.2, -0.15) is 0 Å². The first kappa shape index (κ1) is 15.4. The third-order valence-corrected chi connectivity index (χ3v) is 3.29. The molecule has 0 saturated carbocycles. The summed E-state index contributed by atoms with van der Waals surface area (Å²) in [6.45, 7) is 6.48. The molecule has 2 aromatic rings. The fourth-order valence-electron chi connectivity index (χ4n) is 2.12. The van der Waals surface area contributed by atoms with Gasteiger partial charge in [0.15, 0.2) is 0 Å². The highest BCUT2D eigenvalue weighted by Gasteiger charge is 2.06. The standard InChI is InChI=1S/C16H23N3O2/c1-4-21-11-5-9-19-10-8-17-16(19)18-15-7-6-14(20-3)12-13(15)2/h6-8,10,12H,4-5,9,11H2,1-3H3,(H,17,18). The molecule has 21 heavy (non-hydrogen) atoms. The number of ether oxygens (including phenoxy) is 2. The maximum Gasteiger partial charge on any atom is 0.207 e. The van der Waals surface area contributed by atoms with Crippen molar-refractivity contribution in [1.29, 1.82) is 0 Å². The van der Waals surface area contributed by atoms with Crippen LogP contribution in [0.25, 0.3) is 0 Å². The Bertz CT molecular complexity index is 566. The fraction of sp³-hybridized carbons (Fsp3) is 0.438. The number of imidazole rings is 1. The van der Waals surface area contributed by atoms with E-state index in [0.717, 1.165) is 49.1 Å². The Kier molecular flexibility index (Phi) is 5.63. The predicted octanol–water partition coefficient (Wildman–Crippen LogP) is 3.37. The maximum atomic E-state index is 5.37. The molecule has 0 aliphatic heterocycles. The van der Waals surface area contributed by atoms with Crippen molar-refractivity contribution in [3.05, 3.63) is 36.2 Å². The van der Waals surface area contributed by atoms with Gasteiger partial charge in [0.1, 0.15) is 5.75 Å². The topological polar surface area (TPSA) is 48.3 Å². The van der Waals surface area contributed by atoms with Crippen LogP contribution in [-0.2, 0) is 11.3 Å². The quantitative estimate of drug-likeness (QED) is 0.757. The Balaban J connectivity index is 2.01. The Morgan fingerprint density at radius 2 is 2.19 bits per heavy atom. The zero-order valence-electron chi connectivity index (χ0n) is 12.9. The number of hydrogen-bond donors (Lipinski definition) is 1. The van der Waals surface area contributed by atoms with Crippen LogP contribution in [0.1, 0.15) is 18.9 Å². The minimum atomic E-state index is 0.764. The molecular formula is C16H23N3O2. The molecule has 0 bridgehead atoms. The van der Waals surface area contributed by atoms with Crippen molar-refractivity contribution in [2.24, 2.45) is 0 Å². The van der Waals surface area contributed by atoms with Crippen LogP contribution in [0.2, 0.25) is 0 Å². The molecule has 1 N–H and O–H groups in total. The van der Waals surface area contributed by atoms with Gasteiger partial charge < -0.3 is 19.4 Å². The summed E-state index contributed by atoms with van der Waals surface area (Å²) in [6.07, 6.45) is 4.76. The molecule has 0 aliphatic carbocycles. The van der Waals surface area contributed by atoms with E-state index in [1.807, 2.05) is 44.4 Å². The Morgan fingerprint density at radius 3 is 2.90 bits per heavy atom. The smallest absolute Gasteiger partial charge is 0.207 e. The van der Waals surface area contributed by atoms with Gasteiger partial charge in [0.05, 0.1) is 7.11 Å². The molecule has 114 valence electrons. The van der Waals surface area contributed by atoms with E-state index in [1.165, 1.54) is 0 Å². The molecule has 0 amide bonds. The molecular weight excluding hydrogens is 266 g/mol. The highest BCUT2D eigenvalue weighted by Crippen LogP contribution is 2.24. The van der Waals surface area contributed by atoms with Gasteiger partial charge in [-0.1, -0.05) is 0 Å². The lowest BCUT2D eigenvalue weighted by Crippen LogP contribution is -2.06. The van der Waals surface area contributed by atoms with Crippen molar-refractivity contribution in [2.75, 3.05) is 25.6 Å². The average molecular weight is 289 g/mol. The van der Waals surface area contributed by atoms with E-state index in [1.54, 1.807) is 7.11 Å². The largest absolute Gasteiger partial charge is 0.497 e. The van der Waals surface area contributed by atoms with Crippen molar-refractivity contribution in [3.8, 4) is 5.75 Å². The van der Waals surface area contributed by atoms with Crippen LogP contribution in [0.3, 0.4) is 0 Å². The zero-order valence-corrected chi connectivity index (χ0v) is 12.9. The van der Waals surface area contributed by atoms with Gasteiger partial charge in [-0.05, 0) is 44.0 Å². The SMILES string of the molecule is CCOCCCn1ccnc1Nc1ccc(OC)cc1C. The number of anilines is 2. The monoisotopic (exact) mass is 289 g/mol. The van der Waals surface area contributed by atoms with Crippen LogP contribution in [0, 0.1) is 6.92 Å². The maximum absolute atomic E-state index is 5.37. The molecule has 0 atom stereocenters. The summed E-state index contributed by atoms with van der Waals surface area (Å²) in [5.74, 6) is 1.71. The van der Waals surface area contributed by atoms with Gasteiger partial charge in [0.25, 0.3) is 0 Å². The van der Waals surface area contributed by atoms with Gasteiger partial charge in [-0.15, -0.1) is 0 Å². The lowest BCUT2D eigenvalue weighted by Gasteiger charge is -2.12. The first-order chi connectivity index (χ1) is 10.2. The van der Waals surface area contributed by atoms with Crippen LogP contribution < -0.4 is 10.1 Å². The predicted molar refractivity (Wildman–Crippen MR) is 84.4 cm³/mol. The summed E-state index contributed by atoms with van der Waals surface area (Å²) in [7, 11) is 1.67. The lowest BCUT2D eigenvalue weighted by molar-refractivity contribution is 0.142. The molecule has 2 rings (SSSR count). The van der Waals surface area contributed by atoms with E-state index in [4.69, 9.17) is 9.47 Å². The summed E-state index contributed by atoms with van der Waals surface area (Å²) in [4.78, 5) is 4.37.